The van der Waals surface area contributed by atoms with E-state index in [1.165, 1.54) is 12.1 Å². The summed E-state index contributed by atoms with van der Waals surface area (Å²) in [5.74, 6) is 0.873. The summed E-state index contributed by atoms with van der Waals surface area (Å²) in [7, 11) is 0. The Kier molecular flexibility index (Phi) is 4.47. The number of hydrogen-bond acceptors (Lipinski definition) is 3. The lowest BCUT2D eigenvalue weighted by Gasteiger charge is -2.09. The molecule has 1 heterocycles. The third kappa shape index (κ3) is 3.76. The van der Waals surface area contributed by atoms with Crippen LogP contribution in [0.15, 0.2) is 36.5 Å². The molecule has 1 aromatic carbocycles. The van der Waals surface area contributed by atoms with Crippen molar-refractivity contribution in [3.63, 3.8) is 0 Å². The first kappa shape index (κ1) is 13.5. The number of ether oxygens (including phenoxy) is 1. The Morgan fingerprint density at radius 3 is 2.84 bits per heavy atom. The van der Waals surface area contributed by atoms with Crippen LogP contribution >= 0.6 is 0 Å². The normalized spacial score (nSPS) is 10.5. The molecule has 0 spiro atoms. The van der Waals surface area contributed by atoms with Gasteiger partial charge in [0.05, 0.1) is 0 Å². The van der Waals surface area contributed by atoms with Crippen molar-refractivity contribution in [3.8, 4) is 11.6 Å². The number of pyridine rings is 1. The summed E-state index contributed by atoms with van der Waals surface area (Å²) in [6.45, 7) is 5.55. The van der Waals surface area contributed by atoms with Gasteiger partial charge in [0, 0.05) is 18.8 Å². The van der Waals surface area contributed by atoms with Crippen molar-refractivity contribution in [1.82, 2.24) is 10.3 Å². The fraction of sp³-hybridized carbons (Fsp3) is 0.267. The van der Waals surface area contributed by atoms with Gasteiger partial charge in [0.1, 0.15) is 11.6 Å². The van der Waals surface area contributed by atoms with Crippen molar-refractivity contribution >= 4 is 0 Å². The van der Waals surface area contributed by atoms with Crippen molar-refractivity contribution < 1.29 is 9.13 Å². The van der Waals surface area contributed by atoms with Crippen LogP contribution in [0.5, 0.6) is 11.6 Å². The number of hydrogen-bond donors (Lipinski definition) is 1. The van der Waals surface area contributed by atoms with Gasteiger partial charge in [-0.25, -0.2) is 9.37 Å². The van der Waals surface area contributed by atoms with Crippen LogP contribution in [0.2, 0.25) is 0 Å². The smallest absolute Gasteiger partial charge is 0.219 e. The first-order valence-corrected chi connectivity index (χ1v) is 6.28. The molecule has 0 aliphatic heterocycles. The van der Waals surface area contributed by atoms with Crippen LogP contribution in [0.1, 0.15) is 18.1 Å². The van der Waals surface area contributed by atoms with Crippen LogP contribution in [0, 0.1) is 12.7 Å². The van der Waals surface area contributed by atoms with Crippen LogP contribution in [0.3, 0.4) is 0 Å². The number of halogens is 1. The lowest BCUT2D eigenvalue weighted by Crippen LogP contribution is -2.11. The summed E-state index contributed by atoms with van der Waals surface area (Å²) in [6.07, 6.45) is 1.71. The molecule has 100 valence electrons. The van der Waals surface area contributed by atoms with Crippen molar-refractivity contribution in [3.05, 3.63) is 53.5 Å². The molecule has 19 heavy (non-hydrogen) atoms. The topological polar surface area (TPSA) is 34.2 Å². The third-order valence-corrected chi connectivity index (χ3v) is 2.73. The zero-order chi connectivity index (χ0) is 13.7. The fourth-order valence-corrected chi connectivity index (χ4v) is 1.73. The van der Waals surface area contributed by atoms with Gasteiger partial charge in [0.2, 0.25) is 5.88 Å². The Bertz CT molecular complexity index is 558. The van der Waals surface area contributed by atoms with Gasteiger partial charge < -0.3 is 10.1 Å². The quantitative estimate of drug-likeness (QED) is 0.894. The van der Waals surface area contributed by atoms with E-state index in [1.807, 2.05) is 12.1 Å². The van der Waals surface area contributed by atoms with E-state index in [1.54, 1.807) is 19.2 Å². The summed E-state index contributed by atoms with van der Waals surface area (Å²) < 4.78 is 18.7. The first-order chi connectivity index (χ1) is 9.19. The molecule has 0 saturated carbocycles. The van der Waals surface area contributed by atoms with E-state index in [0.717, 1.165) is 24.2 Å². The Hall–Kier alpha value is -1.94. The molecule has 2 rings (SSSR count). The maximum atomic E-state index is 13.0. The summed E-state index contributed by atoms with van der Waals surface area (Å²) in [6, 6.07) is 8.25. The highest BCUT2D eigenvalue weighted by Crippen LogP contribution is 2.24. The van der Waals surface area contributed by atoms with Crippen molar-refractivity contribution in [2.75, 3.05) is 6.54 Å². The lowest BCUT2D eigenvalue weighted by molar-refractivity contribution is 0.456. The van der Waals surface area contributed by atoms with Gasteiger partial charge in [-0.2, -0.15) is 0 Å². The van der Waals surface area contributed by atoms with E-state index in [0.29, 0.717) is 11.6 Å². The average Bonchev–Trinajstić information content (AvgIpc) is 2.40. The third-order valence-electron chi connectivity index (χ3n) is 2.73. The highest BCUT2D eigenvalue weighted by Gasteiger charge is 2.04. The highest BCUT2D eigenvalue weighted by molar-refractivity contribution is 5.36. The van der Waals surface area contributed by atoms with Crippen LogP contribution in [-0.2, 0) is 6.54 Å². The van der Waals surface area contributed by atoms with Crippen molar-refractivity contribution in [2.24, 2.45) is 0 Å². The number of aromatic nitrogens is 1. The molecular weight excluding hydrogens is 243 g/mol. The fourth-order valence-electron chi connectivity index (χ4n) is 1.73. The molecule has 0 radical (unpaired) electrons. The Morgan fingerprint density at radius 1 is 1.26 bits per heavy atom. The molecule has 1 N–H and O–H groups in total. The van der Waals surface area contributed by atoms with E-state index in [9.17, 15) is 4.39 Å². The predicted octanol–water partition coefficient (Wildman–Crippen LogP) is 3.43. The molecule has 1 aromatic heterocycles. The Labute approximate surface area is 112 Å². The molecular formula is C15H17FN2O. The second-order valence-electron chi connectivity index (χ2n) is 4.29. The summed E-state index contributed by atoms with van der Waals surface area (Å²) >= 11 is 0. The average molecular weight is 260 g/mol. The second kappa shape index (κ2) is 6.29. The van der Waals surface area contributed by atoms with Crippen LogP contribution in [0.4, 0.5) is 4.39 Å². The van der Waals surface area contributed by atoms with E-state index >= 15 is 0 Å². The van der Waals surface area contributed by atoms with Gasteiger partial charge >= 0.3 is 0 Å². The van der Waals surface area contributed by atoms with Crippen molar-refractivity contribution in [2.45, 2.75) is 20.4 Å². The number of rotatable bonds is 5. The molecule has 0 unspecified atom stereocenters. The van der Waals surface area contributed by atoms with Gasteiger partial charge in [0.25, 0.3) is 0 Å². The minimum absolute atomic E-state index is 0.265. The maximum Gasteiger partial charge on any atom is 0.219 e. The predicted molar refractivity (Wildman–Crippen MR) is 72.8 cm³/mol. The molecule has 0 saturated heterocycles. The minimum Gasteiger partial charge on any atom is -0.439 e. The van der Waals surface area contributed by atoms with Crippen molar-refractivity contribution in [1.29, 1.82) is 0 Å². The molecule has 0 atom stereocenters. The van der Waals surface area contributed by atoms with Gasteiger partial charge in [-0.3, -0.25) is 0 Å². The maximum absolute atomic E-state index is 13.0. The second-order valence-corrected chi connectivity index (χ2v) is 4.29. The van der Waals surface area contributed by atoms with E-state index in [4.69, 9.17) is 4.74 Å². The van der Waals surface area contributed by atoms with Gasteiger partial charge in [-0.1, -0.05) is 6.92 Å². The summed E-state index contributed by atoms with van der Waals surface area (Å²) in [5.41, 5.74) is 1.85. The number of nitrogens with zero attached hydrogens (tertiary/aromatic N) is 1. The minimum atomic E-state index is -0.265. The monoisotopic (exact) mass is 260 g/mol. The molecule has 0 aliphatic carbocycles. The van der Waals surface area contributed by atoms with Gasteiger partial charge in [-0.05, 0) is 48.9 Å². The summed E-state index contributed by atoms with van der Waals surface area (Å²) in [4.78, 5) is 4.16. The van der Waals surface area contributed by atoms with Gasteiger partial charge in [0.15, 0.2) is 0 Å². The molecule has 4 heteroatoms. The lowest BCUT2D eigenvalue weighted by atomic mass is 10.2. The molecule has 0 aliphatic rings. The Morgan fingerprint density at radius 2 is 2.11 bits per heavy atom. The molecule has 0 amide bonds. The largest absolute Gasteiger partial charge is 0.439 e. The van der Waals surface area contributed by atoms with E-state index in [-0.39, 0.29) is 5.82 Å². The van der Waals surface area contributed by atoms with Crippen LogP contribution in [-0.4, -0.2) is 11.5 Å². The first-order valence-electron chi connectivity index (χ1n) is 6.28. The number of nitrogens with one attached hydrogen (secondary N) is 1. The van der Waals surface area contributed by atoms with E-state index in [2.05, 4.69) is 17.2 Å². The SMILES string of the molecule is CCNCc1ccnc(Oc2ccc(F)cc2C)c1. The van der Waals surface area contributed by atoms with Crippen LogP contribution < -0.4 is 10.1 Å². The molecule has 0 bridgehead atoms. The molecule has 3 nitrogen and oxygen atoms in total. The zero-order valence-corrected chi connectivity index (χ0v) is 11.1. The number of aryl methyl sites for hydroxylation is 1. The molecule has 2 aromatic rings. The Balaban J connectivity index is 2.14. The van der Waals surface area contributed by atoms with Crippen LogP contribution in [0.25, 0.3) is 0 Å². The van der Waals surface area contributed by atoms with Gasteiger partial charge in [-0.15, -0.1) is 0 Å². The zero-order valence-electron chi connectivity index (χ0n) is 11.1. The molecule has 0 fully saturated rings. The highest BCUT2D eigenvalue weighted by atomic mass is 19.1. The van der Waals surface area contributed by atoms with E-state index < -0.39 is 0 Å². The number of benzene rings is 1. The summed E-state index contributed by atoms with van der Waals surface area (Å²) in [5, 5.41) is 3.24. The standard InChI is InChI=1S/C15H17FN2O/c1-3-17-10-12-6-7-18-15(9-12)19-14-5-4-13(16)8-11(14)2/h4-9,17H,3,10H2,1-2H3.